The summed E-state index contributed by atoms with van der Waals surface area (Å²) >= 11 is 0. The van der Waals surface area contributed by atoms with E-state index in [-0.39, 0.29) is 0 Å². The van der Waals surface area contributed by atoms with E-state index < -0.39 is 0 Å². The van der Waals surface area contributed by atoms with Gasteiger partial charge in [-0.3, -0.25) is 0 Å². The van der Waals surface area contributed by atoms with Gasteiger partial charge in [-0.2, -0.15) is 0 Å². The SMILES string of the molecule is COc1cccc2c1CCN2Cc1ccccc1. The molecule has 0 radical (unpaired) electrons. The first-order chi connectivity index (χ1) is 8.88. The number of anilines is 1. The molecular weight excluding hydrogens is 222 g/mol. The summed E-state index contributed by atoms with van der Waals surface area (Å²) in [6.45, 7) is 2.05. The van der Waals surface area contributed by atoms with Crippen LogP contribution >= 0.6 is 0 Å². The van der Waals surface area contributed by atoms with Crippen LogP contribution in [-0.4, -0.2) is 13.7 Å². The summed E-state index contributed by atoms with van der Waals surface area (Å²) in [7, 11) is 1.75. The number of nitrogens with zero attached hydrogens (tertiary/aromatic N) is 1. The average Bonchev–Trinajstić information content (AvgIpc) is 2.83. The molecule has 0 unspecified atom stereocenters. The molecule has 2 aromatic carbocycles. The van der Waals surface area contributed by atoms with Crippen molar-refractivity contribution in [2.24, 2.45) is 0 Å². The second-order valence-electron chi connectivity index (χ2n) is 4.62. The fourth-order valence-electron chi connectivity index (χ4n) is 2.63. The average molecular weight is 239 g/mol. The number of methoxy groups -OCH3 is 1. The number of rotatable bonds is 3. The number of hydrogen-bond donors (Lipinski definition) is 0. The zero-order chi connectivity index (χ0) is 12.4. The maximum Gasteiger partial charge on any atom is 0.124 e. The summed E-state index contributed by atoms with van der Waals surface area (Å²) in [5, 5.41) is 0. The molecule has 0 amide bonds. The molecule has 3 rings (SSSR count). The van der Waals surface area contributed by atoms with Crippen LogP contribution in [0.3, 0.4) is 0 Å². The van der Waals surface area contributed by atoms with Gasteiger partial charge >= 0.3 is 0 Å². The van der Waals surface area contributed by atoms with E-state index in [0.29, 0.717) is 0 Å². The van der Waals surface area contributed by atoms with E-state index >= 15 is 0 Å². The Kier molecular flexibility index (Phi) is 2.93. The highest BCUT2D eigenvalue weighted by Crippen LogP contribution is 2.35. The second kappa shape index (κ2) is 4.73. The van der Waals surface area contributed by atoms with Crippen LogP contribution in [0.1, 0.15) is 11.1 Å². The van der Waals surface area contributed by atoms with Crippen LogP contribution in [0.25, 0.3) is 0 Å². The molecule has 0 aromatic heterocycles. The molecule has 18 heavy (non-hydrogen) atoms. The Morgan fingerprint density at radius 1 is 1.06 bits per heavy atom. The maximum absolute atomic E-state index is 5.43. The molecule has 0 atom stereocenters. The monoisotopic (exact) mass is 239 g/mol. The van der Waals surface area contributed by atoms with E-state index in [1.165, 1.54) is 16.8 Å². The molecule has 1 aliphatic rings. The van der Waals surface area contributed by atoms with Crippen molar-refractivity contribution in [1.29, 1.82) is 0 Å². The van der Waals surface area contributed by atoms with E-state index in [4.69, 9.17) is 4.74 Å². The summed E-state index contributed by atoms with van der Waals surface area (Å²) in [6, 6.07) is 16.9. The van der Waals surface area contributed by atoms with Gasteiger partial charge in [0.15, 0.2) is 0 Å². The lowest BCUT2D eigenvalue weighted by atomic mass is 10.1. The molecule has 2 aromatic rings. The molecule has 0 saturated heterocycles. The van der Waals surface area contributed by atoms with Crippen LogP contribution in [0.4, 0.5) is 5.69 Å². The minimum Gasteiger partial charge on any atom is -0.496 e. The molecule has 1 aliphatic heterocycles. The summed E-state index contributed by atoms with van der Waals surface area (Å²) in [5.74, 6) is 1.02. The van der Waals surface area contributed by atoms with E-state index in [1.54, 1.807) is 7.11 Å². The Labute approximate surface area is 108 Å². The number of fused-ring (bicyclic) bond motifs is 1. The van der Waals surface area contributed by atoms with Gasteiger partial charge in [0, 0.05) is 24.3 Å². The molecule has 0 aliphatic carbocycles. The van der Waals surface area contributed by atoms with Crippen molar-refractivity contribution in [3.05, 3.63) is 59.7 Å². The van der Waals surface area contributed by atoms with Crippen LogP contribution in [0.5, 0.6) is 5.75 Å². The first kappa shape index (κ1) is 11.1. The molecule has 0 fully saturated rings. The highest BCUT2D eigenvalue weighted by Gasteiger charge is 2.21. The van der Waals surface area contributed by atoms with Crippen molar-refractivity contribution in [1.82, 2.24) is 0 Å². The minimum absolute atomic E-state index is 0.973. The van der Waals surface area contributed by atoms with Gasteiger partial charge in [0.2, 0.25) is 0 Å². The Bertz CT molecular complexity index is 536. The fourth-order valence-corrected chi connectivity index (χ4v) is 2.63. The second-order valence-corrected chi connectivity index (χ2v) is 4.62. The lowest BCUT2D eigenvalue weighted by Crippen LogP contribution is -2.19. The van der Waals surface area contributed by atoms with Gasteiger partial charge in [-0.05, 0) is 24.1 Å². The quantitative estimate of drug-likeness (QED) is 0.815. The molecule has 92 valence electrons. The molecule has 1 heterocycles. The zero-order valence-corrected chi connectivity index (χ0v) is 10.6. The summed E-state index contributed by atoms with van der Waals surface area (Å²) in [5.41, 5.74) is 4.02. The molecule has 2 heteroatoms. The maximum atomic E-state index is 5.43. The van der Waals surface area contributed by atoms with Crippen LogP contribution < -0.4 is 9.64 Å². The van der Waals surface area contributed by atoms with E-state index in [0.717, 1.165) is 25.3 Å². The molecule has 2 nitrogen and oxygen atoms in total. The van der Waals surface area contributed by atoms with Crippen molar-refractivity contribution in [3.63, 3.8) is 0 Å². The smallest absolute Gasteiger partial charge is 0.124 e. The highest BCUT2D eigenvalue weighted by molar-refractivity contribution is 5.63. The Morgan fingerprint density at radius 3 is 2.67 bits per heavy atom. The topological polar surface area (TPSA) is 12.5 Å². The third-order valence-corrected chi connectivity index (χ3v) is 3.52. The van der Waals surface area contributed by atoms with Gasteiger partial charge in [-0.15, -0.1) is 0 Å². The van der Waals surface area contributed by atoms with Crippen LogP contribution in [0.2, 0.25) is 0 Å². The fraction of sp³-hybridized carbons (Fsp3) is 0.250. The largest absolute Gasteiger partial charge is 0.496 e. The van der Waals surface area contributed by atoms with Gasteiger partial charge < -0.3 is 9.64 Å². The van der Waals surface area contributed by atoms with Crippen molar-refractivity contribution >= 4 is 5.69 Å². The Morgan fingerprint density at radius 2 is 1.89 bits per heavy atom. The zero-order valence-electron chi connectivity index (χ0n) is 10.6. The van der Waals surface area contributed by atoms with E-state index in [9.17, 15) is 0 Å². The van der Waals surface area contributed by atoms with Gasteiger partial charge in [0.05, 0.1) is 7.11 Å². The van der Waals surface area contributed by atoms with Crippen molar-refractivity contribution < 1.29 is 4.74 Å². The van der Waals surface area contributed by atoms with Gasteiger partial charge in [0.25, 0.3) is 0 Å². The summed E-state index contributed by atoms with van der Waals surface area (Å²) in [6.07, 6.45) is 1.08. The van der Waals surface area contributed by atoms with Crippen LogP contribution in [0, 0.1) is 0 Å². The highest BCUT2D eigenvalue weighted by atomic mass is 16.5. The van der Waals surface area contributed by atoms with E-state index in [1.807, 2.05) is 6.07 Å². The third kappa shape index (κ3) is 1.94. The Balaban J connectivity index is 1.87. The summed E-state index contributed by atoms with van der Waals surface area (Å²) in [4.78, 5) is 2.42. The predicted molar refractivity (Wildman–Crippen MR) is 74.2 cm³/mol. The molecule has 0 N–H and O–H groups in total. The van der Waals surface area contributed by atoms with Crippen molar-refractivity contribution in [2.45, 2.75) is 13.0 Å². The summed E-state index contributed by atoms with van der Waals surface area (Å²) < 4.78 is 5.43. The first-order valence-electron chi connectivity index (χ1n) is 6.33. The lowest BCUT2D eigenvalue weighted by Gasteiger charge is -2.19. The molecular formula is C16H17NO. The van der Waals surface area contributed by atoms with Gasteiger partial charge in [0.1, 0.15) is 5.75 Å². The number of hydrogen-bond acceptors (Lipinski definition) is 2. The van der Waals surface area contributed by atoms with Crippen molar-refractivity contribution in [2.75, 3.05) is 18.6 Å². The van der Waals surface area contributed by atoms with Crippen molar-refractivity contribution in [3.8, 4) is 5.75 Å². The van der Waals surface area contributed by atoms with Gasteiger partial charge in [-0.25, -0.2) is 0 Å². The predicted octanol–water partition coefficient (Wildman–Crippen LogP) is 3.26. The first-order valence-corrected chi connectivity index (χ1v) is 6.33. The Hall–Kier alpha value is -1.96. The molecule has 0 saturated carbocycles. The minimum atomic E-state index is 0.973. The van der Waals surface area contributed by atoms with Gasteiger partial charge in [-0.1, -0.05) is 36.4 Å². The van der Waals surface area contributed by atoms with Crippen LogP contribution in [-0.2, 0) is 13.0 Å². The molecule has 0 spiro atoms. The standard InChI is InChI=1S/C16H17NO/c1-18-16-9-5-8-15-14(16)10-11-17(15)12-13-6-3-2-4-7-13/h2-9H,10-12H2,1H3. The number of benzene rings is 2. The van der Waals surface area contributed by atoms with E-state index in [2.05, 4.69) is 47.4 Å². The number of ether oxygens (including phenoxy) is 1. The van der Waals surface area contributed by atoms with Crippen LogP contribution in [0.15, 0.2) is 48.5 Å². The lowest BCUT2D eigenvalue weighted by molar-refractivity contribution is 0.411. The third-order valence-electron chi connectivity index (χ3n) is 3.52. The normalized spacial score (nSPS) is 13.5. The molecule has 0 bridgehead atoms.